The van der Waals surface area contributed by atoms with Gasteiger partial charge in [0, 0.05) is 19.4 Å². The van der Waals surface area contributed by atoms with Crippen molar-refractivity contribution in [2.24, 2.45) is 12.0 Å². The molecule has 1 aliphatic rings. The number of imidazole rings is 1. The highest BCUT2D eigenvalue weighted by Gasteiger charge is 2.17. The normalized spacial score (nSPS) is 12.6. The number of fused-ring (bicyclic) bond motifs is 3. The maximum absolute atomic E-state index is 4.54. The Kier molecular flexibility index (Phi) is 2.71. The summed E-state index contributed by atoms with van der Waals surface area (Å²) in [4.78, 5) is 8.79. The van der Waals surface area contributed by atoms with Crippen LogP contribution in [0.5, 0.6) is 0 Å². The Morgan fingerprint density at radius 3 is 2.81 bits per heavy atom. The molecule has 1 aliphatic carbocycles. The highest BCUT2D eigenvalue weighted by atomic mass is 15.0. The van der Waals surface area contributed by atoms with Gasteiger partial charge in [-0.25, -0.2) is 4.98 Å². The highest BCUT2D eigenvalue weighted by molar-refractivity contribution is 5.81. The van der Waals surface area contributed by atoms with Gasteiger partial charge in [0.05, 0.1) is 11.9 Å². The van der Waals surface area contributed by atoms with Gasteiger partial charge < -0.3 is 4.57 Å². The SMILES string of the molecule is Cn1ccnc1C=Nc1ccc2c(c1)Cc1ccccc1-2. The molecular formula is C18H15N3. The minimum atomic E-state index is 0.860. The summed E-state index contributed by atoms with van der Waals surface area (Å²) in [7, 11) is 1.97. The van der Waals surface area contributed by atoms with Gasteiger partial charge in [-0.15, -0.1) is 0 Å². The summed E-state index contributed by atoms with van der Waals surface area (Å²) >= 11 is 0. The van der Waals surface area contributed by atoms with Crippen molar-refractivity contribution in [2.75, 3.05) is 0 Å². The number of rotatable bonds is 2. The van der Waals surface area contributed by atoms with Crippen molar-refractivity contribution in [3.05, 3.63) is 71.8 Å². The summed E-state index contributed by atoms with van der Waals surface area (Å²) in [6.45, 7) is 0. The van der Waals surface area contributed by atoms with E-state index >= 15 is 0 Å². The summed E-state index contributed by atoms with van der Waals surface area (Å²) in [6, 6.07) is 15.0. The van der Waals surface area contributed by atoms with E-state index in [-0.39, 0.29) is 0 Å². The van der Waals surface area contributed by atoms with Crippen molar-refractivity contribution in [1.82, 2.24) is 9.55 Å². The van der Waals surface area contributed by atoms with E-state index in [9.17, 15) is 0 Å². The maximum atomic E-state index is 4.54. The van der Waals surface area contributed by atoms with Gasteiger partial charge in [0.2, 0.25) is 0 Å². The zero-order valence-electron chi connectivity index (χ0n) is 11.8. The zero-order chi connectivity index (χ0) is 14.2. The average Bonchev–Trinajstić information content (AvgIpc) is 3.07. The fraction of sp³-hybridized carbons (Fsp3) is 0.111. The topological polar surface area (TPSA) is 30.2 Å². The predicted molar refractivity (Wildman–Crippen MR) is 85.1 cm³/mol. The molecule has 0 N–H and O–H groups in total. The van der Waals surface area contributed by atoms with Crippen LogP contribution in [-0.2, 0) is 13.5 Å². The Morgan fingerprint density at radius 2 is 1.95 bits per heavy atom. The quantitative estimate of drug-likeness (QED) is 0.512. The van der Waals surface area contributed by atoms with Gasteiger partial charge in [-0.05, 0) is 40.8 Å². The molecule has 4 rings (SSSR count). The van der Waals surface area contributed by atoms with E-state index in [0.29, 0.717) is 0 Å². The van der Waals surface area contributed by atoms with E-state index in [2.05, 4.69) is 52.4 Å². The zero-order valence-corrected chi connectivity index (χ0v) is 11.8. The lowest BCUT2D eigenvalue weighted by Crippen LogP contribution is -1.94. The number of hydrogen-bond acceptors (Lipinski definition) is 2. The third kappa shape index (κ3) is 2.07. The van der Waals surface area contributed by atoms with Crippen LogP contribution < -0.4 is 0 Å². The molecule has 3 aromatic rings. The van der Waals surface area contributed by atoms with Gasteiger partial charge in [0.1, 0.15) is 0 Å². The van der Waals surface area contributed by atoms with Crippen LogP contribution in [0.15, 0.2) is 59.9 Å². The Bertz CT molecular complexity index is 843. The molecule has 0 saturated carbocycles. The lowest BCUT2D eigenvalue weighted by Gasteiger charge is -2.01. The van der Waals surface area contributed by atoms with Crippen molar-refractivity contribution in [2.45, 2.75) is 6.42 Å². The minimum absolute atomic E-state index is 0.860. The Balaban J connectivity index is 1.68. The monoisotopic (exact) mass is 273 g/mol. The van der Waals surface area contributed by atoms with E-state index < -0.39 is 0 Å². The second-order valence-corrected chi connectivity index (χ2v) is 5.33. The maximum Gasteiger partial charge on any atom is 0.150 e. The van der Waals surface area contributed by atoms with Gasteiger partial charge in [-0.3, -0.25) is 4.99 Å². The number of hydrogen-bond donors (Lipinski definition) is 0. The number of benzene rings is 2. The van der Waals surface area contributed by atoms with E-state index in [4.69, 9.17) is 0 Å². The molecule has 0 spiro atoms. The lowest BCUT2D eigenvalue weighted by molar-refractivity contribution is 0.902. The molecular weight excluding hydrogens is 258 g/mol. The summed E-state index contributed by atoms with van der Waals surface area (Å²) in [5.41, 5.74) is 6.42. The molecule has 21 heavy (non-hydrogen) atoms. The van der Waals surface area contributed by atoms with E-state index in [0.717, 1.165) is 17.9 Å². The summed E-state index contributed by atoms with van der Waals surface area (Å²) < 4.78 is 1.95. The molecule has 0 aliphatic heterocycles. The first-order valence-electron chi connectivity index (χ1n) is 7.04. The minimum Gasteiger partial charge on any atom is -0.333 e. The number of nitrogens with zero attached hydrogens (tertiary/aromatic N) is 3. The smallest absolute Gasteiger partial charge is 0.150 e. The standard InChI is InChI=1S/C18H15N3/c1-21-9-8-19-18(21)12-20-15-6-7-17-14(11-15)10-13-4-2-3-5-16(13)17/h2-9,11-12H,10H2,1H3. The lowest BCUT2D eigenvalue weighted by atomic mass is 10.1. The van der Waals surface area contributed by atoms with Crippen molar-refractivity contribution in [3.8, 4) is 11.1 Å². The summed E-state index contributed by atoms with van der Waals surface area (Å²) in [5, 5.41) is 0. The van der Waals surface area contributed by atoms with Gasteiger partial charge in [-0.1, -0.05) is 30.3 Å². The molecule has 2 aromatic carbocycles. The second kappa shape index (κ2) is 4.70. The first kappa shape index (κ1) is 12.1. The van der Waals surface area contributed by atoms with Crippen LogP contribution in [0.1, 0.15) is 17.0 Å². The average molecular weight is 273 g/mol. The molecule has 1 heterocycles. The van der Waals surface area contributed by atoms with Gasteiger partial charge >= 0.3 is 0 Å². The first-order chi connectivity index (χ1) is 10.3. The van der Waals surface area contributed by atoms with Crippen molar-refractivity contribution >= 4 is 11.9 Å². The van der Waals surface area contributed by atoms with Crippen LogP contribution >= 0.6 is 0 Å². The Hall–Kier alpha value is -2.68. The fourth-order valence-electron chi connectivity index (χ4n) is 2.85. The van der Waals surface area contributed by atoms with Gasteiger partial charge in [-0.2, -0.15) is 0 Å². The van der Waals surface area contributed by atoms with Crippen LogP contribution in [0.25, 0.3) is 11.1 Å². The first-order valence-corrected chi connectivity index (χ1v) is 7.04. The molecule has 0 fully saturated rings. The van der Waals surface area contributed by atoms with Gasteiger partial charge in [0.15, 0.2) is 5.82 Å². The van der Waals surface area contributed by atoms with Gasteiger partial charge in [0.25, 0.3) is 0 Å². The largest absolute Gasteiger partial charge is 0.333 e. The van der Waals surface area contributed by atoms with Crippen LogP contribution in [0.2, 0.25) is 0 Å². The molecule has 3 nitrogen and oxygen atoms in total. The number of aliphatic imine (C=N–C) groups is 1. The third-order valence-corrected chi connectivity index (χ3v) is 3.96. The molecule has 0 radical (unpaired) electrons. The highest BCUT2D eigenvalue weighted by Crippen LogP contribution is 2.37. The van der Waals surface area contributed by atoms with E-state index in [1.54, 1.807) is 6.20 Å². The van der Waals surface area contributed by atoms with E-state index in [1.807, 2.05) is 24.0 Å². The van der Waals surface area contributed by atoms with Crippen LogP contribution in [0, 0.1) is 0 Å². The molecule has 1 aromatic heterocycles. The van der Waals surface area contributed by atoms with Crippen LogP contribution in [0.3, 0.4) is 0 Å². The Morgan fingerprint density at radius 1 is 1.10 bits per heavy atom. The van der Waals surface area contributed by atoms with Crippen LogP contribution in [0.4, 0.5) is 5.69 Å². The molecule has 0 amide bonds. The summed E-state index contributed by atoms with van der Waals surface area (Å²) in [5.74, 6) is 0.860. The summed E-state index contributed by atoms with van der Waals surface area (Å²) in [6.07, 6.45) is 6.50. The molecule has 3 heteroatoms. The van der Waals surface area contributed by atoms with E-state index in [1.165, 1.54) is 22.3 Å². The van der Waals surface area contributed by atoms with Crippen molar-refractivity contribution in [1.29, 1.82) is 0 Å². The molecule has 0 saturated heterocycles. The van der Waals surface area contributed by atoms with Crippen molar-refractivity contribution in [3.63, 3.8) is 0 Å². The number of aromatic nitrogens is 2. The second-order valence-electron chi connectivity index (χ2n) is 5.33. The molecule has 0 atom stereocenters. The Labute approximate surface area is 123 Å². The molecule has 102 valence electrons. The molecule has 0 bridgehead atoms. The van der Waals surface area contributed by atoms with Crippen LogP contribution in [-0.4, -0.2) is 15.8 Å². The number of aryl methyl sites for hydroxylation is 1. The predicted octanol–water partition coefficient (Wildman–Crippen LogP) is 3.74. The molecule has 0 unspecified atom stereocenters. The van der Waals surface area contributed by atoms with Crippen molar-refractivity contribution < 1.29 is 0 Å². The fourth-order valence-corrected chi connectivity index (χ4v) is 2.85. The third-order valence-electron chi connectivity index (χ3n) is 3.96.